The normalized spacial score (nSPS) is 12.3. The second kappa shape index (κ2) is 4.62. The van der Waals surface area contributed by atoms with Crippen molar-refractivity contribution in [1.29, 1.82) is 0 Å². The Morgan fingerprint density at radius 1 is 1.42 bits per heavy atom. The lowest BCUT2D eigenvalue weighted by Gasteiger charge is -2.05. The summed E-state index contributed by atoms with van der Waals surface area (Å²) in [6.45, 7) is 6.08. The van der Waals surface area contributed by atoms with Crippen molar-refractivity contribution in [1.82, 2.24) is 4.98 Å². The maximum absolute atomic E-state index is 5.20. The molecule has 0 saturated carbocycles. The summed E-state index contributed by atoms with van der Waals surface area (Å²) in [5.74, 6) is 0. The second-order valence-corrected chi connectivity index (χ2v) is 3.80. The molecule has 1 unspecified atom stereocenters. The van der Waals surface area contributed by atoms with E-state index >= 15 is 0 Å². The van der Waals surface area contributed by atoms with Crippen LogP contribution in [-0.2, 0) is 4.74 Å². The Morgan fingerprint density at radius 3 is 2.33 bits per heavy atom. The van der Waals surface area contributed by atoms with Gasteiger partial charge in [0, 0.05) is 15.5 Å². The summed E-state index contributed by atoms with van der Waals surface area (Å²) < 4.78 is 5.20. The van der Waals surface area contributed by atoms with Gasteiger partial charge < -0.3 is 4.74 Å². The van der Waals surface area contributed by atoms with Gasteiger partial charge in [0.25, 0.3) is 0 Å². The van der Waals surface area contributed by atoms with Gasteiger partial charge in [-0.05, 0) is 20.8 Å². The van der Waals surface area contributed by atoms with Gasteiger partial charge in [-0.1, -0.05) is 0 Å². The number of nitrogens with zero attached hydrogens (tertiary/aromatic N) is 1. The first-order valence-electron chi connectivity index (χ1n) is 3.62. The number of rotatable bonds is 2. The third-order valence-electron chi connectivity index (χ3n) is 1.66. The molecule has 1 atom stereocenters. The number of aromatic nitrogens is 1. The Balaban J connectivity index is 0.00000121. The molecule has 0 aliphatic carbocycles. The summed E-state index contributed by atoms with van der Waals surface area (Å²) in [7, 11) is 1.72. The Hall–Kier alpha value is -0.345. The first-order valence-corrected chi connectivity index (χ1v) is 4.43. The van der Waals surface area contributed by atoms with Gasteiger partial charge in [0.05, 0.1) is 21.7 Å². The standard InChI is InChI=1S/C8H13NOS.B/c1-5-8(6(2)10-4)11-7(3)9-5;/h6H,1-4H3;. The molecule has 1 aromatic rings. The minimum absolute atomic E-state index is 0. The van der Waals surface area contributed by atoms with Crippen molar-refractivity contribution in [2.24, 2.45) is 0 Å². The number of ether oxygens (including phenoxy) is 1. The van der Waals surface area contributed by atoms with E-state index in [1.807, 2.05) is 20.8 Å². The number of hydrogen-bond donors (Lipinski definition) is 0. The Morgan fingerprint density at radius 2 is 2.00 bits per heavy atom. The van der Waals surface area contributed by atoms with Crippen LogP contribution in [0.1, 0.15) is 28.6 Å². The molecule has 0 fully saturated rings. The molecule has 1 rings (SSSR count). The van der Waals surface area contributed by atoms with Crippen LogP contribution in [0.2, 0.25) is 0 Å². The van der Waals surface area contributed by atoms with Crippen molar-refractivity contribution in [2.45, 2.75) is 26.9 Å². The summed E-state index contributed by atoms with van der Waals surface area (Å²) in [4.78, 5) is 5.56. The molecule has 2 nitrogen and oxygen atoms in total. The Bertz CT molecular complexity index is 249. The number of methoxy groups -OCH3 is 1. The maximum Gasteiger partial charge on any atom is 0.0903 e. The summed E-state index contributed by atoms with van der Waals surface area (Å²) >= 11 is 1.71. The van der Waals surface area contributed by atoms with Crippen LogP contribution in [0.5, 0.6) is 0 Å². The van der Waals surface area contributed by atoms with Crippen LogP contribution in [0.15, 0.2) is 0 Å². The first-order chi connectivity index (χ1) is 5.15. The largest absolute Gasteiger partial charge is 0.376 e. The van der Waals surface area contributed by atoms with E-state index in [9.17, 15) is 0 Å². The van der Waals surface area contributed by atoms with Crippen LogP contribution in [0.3, 0.4) is 0 Å². The van der Waals surface area contributed by atoms with E-state index in [4.69, 9.17) is 4.74 Å². The van der Waals surface area contributed by atoms with Gasteiger partial charge in [-0.15, -0.1) is 11.3 Å². The minimum Gasteiger partial charge on any atom is -0.376 e. The lowest BCUT2D eigenvalue weighted by atomic mass is 10.3. The zero-order valence-electron chi connectivity index (χ0n) is 7.92. The molecule has 0 N–H and O–H groups in total. The van der Waals surface area contributed by atoms with Crippen LogP contribution in [0.4, 0.5) is 0 Å². The zero-order chi connectivity index (χ0) is 8.43. The van der Waals surface area contributed by atoms with Crippen molar-refractivity contribution < 1.29 is 4.74 Å². The third kappa shape index (κ3) is 2.32. The number of hydrogen-bond acceptors (Lipinski definition) is 3. The summed E-state index contributed by atoms with van der Waals surface area (Å²) in [6, 6.07) is 0. The van der Waals surface area contributed by atoms with Crippen molar-refractivity contribution in [3.05, 3.63) is 15.6 Å². The van der Waals surface area contributed by atoms with Crippen molar-refractivity contribution in [2.75, 3.05) is 7.11 Å². The lowest BCUT2D eigenvalue weighted by molar-refractivity contribution is 0.122. The molecule has 0 saturated heterocycles. The molecule has 0 bridgehead atoms. The van der Waals surface area contributed by atoms with Crippen molar-refractivity contribution >= 4 is 19.7 Å². The van der Waals surface area contributed by atoms with Gasteiger partial charge in [-0.2, -0.15) is 0 Å². The summed E-state index contributed by atoms with van der Waals surface area (Å²) in [6.07, 6.45) is 0.182. The molecule has 4 heteroatoms. The molecule has 65 valence electrons. The van der Waals surface area contributed by atoms with Crippen LogP contribution in [0, 0.1) is 13.8 Å². The fourth-order valence-corrected chi connectivity index (χ4v) is 1.99. The van der Waals surface area contributed by atoms with Gasteiger partial charge in [-0.25, -0.2) is 4.98 Å². The van der Waals surface area contributed by atoms with E-state index in [0.717, 1.165) is 10.7 Å². The molecule has 0 spiro atoms. The molecule has 0 aromatic carbocycles. The second-order valence-electron chi connectivity index (χ2n) is 2.56. The molecule has 0 aliphatic heterocycles. The van der Waals surface area contributed by atoms with Crippen LogP contribution < -0.4 is 0 Å². The lowest BCUT2D eigenvalue weighted by Crippen LogP contribution is -1.94. The highest BCUT2D eigenvalue weighted by Gasteiger charge is 2.10. The quantitative estimate of drug-likeness (QED) is 0.653. The van der Waals surface area contributed by atoms with Crippen LogP contribution in [0.25, 0.3) is 0 Å². The molecular formula is C8H13BNOS. The van der Waals surface area contributed by atoms with E-state index in [1.54, 1.807) is 18.4 Å². The highest BCUT2D eigenvalue weighted by molar-refractivity contribution is 7.11. The average molecular weight is 182 g/mol. The SMILES string of the molecule is COC(C)c1sc(C)nc1C.[B]. The summed E-state index contributed by atoms with van der Waals surface area (Å²) in [5.41, 5.74) is 1.10. The zero-order valence-corrected chi connectivity index (χ0v) is 8.73. The van der Waals surface area contributed by atoms with Gasteiger partial charge >= 0.3 is 0 Å². The molecule has 0 aliphatic rings. The van der Waals surface area contributed by atoms with Gasteiger partial charge in [0.2, 0.25) is 0 Å². The fraction of sp³-hybridized carbons (Fsp3) is 0.625. The van der Waals surface area contributed by atoms with E-state index in [0.29, 0.717) is 0 Å². The van der Waals surface area contributed by atoms with Crippen molar-refractivity contribution in [3.8, 4) is 0 Å². The molecular weight excluding hydrogens is 169 g/mol. The number of thiazole rings is 1. The highest BCUT2D eigenvalue weighted by atomic mass is 32.1. The van der Waals surface area contributed by atoms with Crippen LogP contribution in [-0.4, -0.2) is 20.5 Å². The maximum atomic E-state index is 5.20. The third-order valence-corrected chi connectivity index (χ3v) is 2.90. The predicted octanol–water partition coefficient (Wildman–Crippen LogP) is 2.09. The summed E-state index contributed by atoms with van der Waals surface area (Å²) in [5, 5.41) is 1.11. The molecule has 3 radical (unpaired) electrons. The van der Waals surface area contributed by atoms with E-state index in [1.165, 1.54) is 4.88 Å². The fourth-order valence-electron chi connectivity index (χ4n) is 1.03. The van der Waals surface area contributed by atoms with Crippen molar-refractivity contribution in [3.63, 3.8) is 0 Å². The smallest absolute Gasteiger partial charge is 0.0903 e. The Kier molecular flexibility index (Phi) is 4.49. The minimum atomic E-state index is 0. The Labute approximate surface area is 79.6 Å². The van der Waals surface area contributed by atoms with Gasteiger partial charge in [-0.3, -0.25) is 0 Å². The van der Waals surface area contributed by atoms with E-state index < -0.39 is 0 Å². The van der Waals surface area contributed by atoms with Gasteiger partial charge in [0.1, 0.15) is 0 Å². The first kappa shape index (κ1) is 11.7. The van der Waals surface area contributed by atoms with E-state index in [2.05, 4.69) is 4.98 Å². The predicted molar refractivity (Wildman–Crippen MR) is 52.8 cm³/mol. The van der Waals surface area contributed by atoms with Crippen LogP contribution >= 0.6 is 11.3 Å². The molecule has 1 aromatic heterocycles. The average Bonchev–Trinajstić information content (AvgIpc) is 2.28. The van der Waals surface area contributed by atoms with Gasteiger partial charge in [0.15, 0.2) is 0 Å². The topological polar surface area (TPSA) is 22.1 Å². The number of aryl methyl sites for hydroxylation is 2. The highest BCUT2D eigenvalue weighted by Crippen LogP contribution is 2.25. The van der Waals surface area contributed by atoms with E-state index in [-0.39, 0.29) is 14.5 Å². The molecule has 0 amide bonds. The monoisotopic (exact) mass is 182 g/mol. The molecule has 12 heavy (non-hydrogen) atoms. The molecule has 1 heterocycles.